The van der Waals surface area contributed by atoms with E-state index in [1.807, 2.05) is 0 Å². The number of hydrogen-bond donors (Lipinski definition) is 1. The summed E-state index contributed by atoms with van der Waals surface area (Å²) >= 11 is 2.56. The second kappa shape index (κ2) is 7.73. The zero-order chi connectivity index (χ0) is 19.6. The van der Waals surface area contributed by atoms with Crippen molar-refractivity contribution < 1.29 is 18.0 Å². The van der Waals surface area contributed by atoms with E-state index >= 15 is 0 Å². The van der Waals surface area contributed by atoms with Gasteiger partial charge >= 0.3 is 6.18 Å². The van der Waals surface area contributed by atoms with Crippen molar-refractivity contribution in [2.45, 2.75) is 18.9 Å². The summed E-state index contributed by atoms with van der Waals surface area (Å²) in [5.74, 6) is -0.0506. The highest BCUT2D eigenvalue weighted by molar-refractivity contribution is 7.99. The van der Waals surface area contributed by atoms with Crippen molar-refractivity contribution in [2.75, 3.05) is 11.1 Å². The number of anilines is 1. The molecule has 10 heteroatoms. The Morgan fingerprint density at radius 2 is 2.11 bits per heavy atom. The molecule has 0 radical (unpaired) electrons. The smallest absolute Gasteiger partial charge is 0.325 e. The number of thiazole rings is 1. The largest absolute Gasteiger partial charge is 0.416 e. The number of hydrogen-bond acceptors (Lipinski definition) is 5. The highest BCUT2D eigenvalue weighted by Crippen LogP contribution is 2.33. The predicted molar refractivity (Wildman–Crippen MR) is 100 cm³/mol. The molecular weight excluding hydrogens is 399 g/mol. The van der Waals surface area contributed by atoms with E-state index < -0.39 is 17.6 Å². The first-order chi connectivity index (χ1) is 12.7. The van der Waals surface area contributed by atoms with Gasteiger partial charge in [0.25, 0.3) is 5.56 Å². The van der Waals surface area contributed by atoms with Gasteiger partial charge in [-0.3, -0.25) is 14.0 Å². The van der Waals surface area contributed by atoms with E-state index in [1.54, 1.807) is 11.6 Å². The van der Waals surface area contributed by atoms with Gasteiger partial charge in [0, 0.05) is 29.1 Å². The lowest BCUT2D eigenvalue weighted by molar-refractivity contribution is -0.138. The average molecular weight is 413 g/mol. The standard InChI is InChI=1S/C17H14F3N3O2S2/c1-10-2-3-11(6-13(10)17(18,19)20)21-14(24)9-26-8-12-7-15(25)23-4-5-27-16(23)22-12/h2-7H,8-9H2,1H3,(H,21,24). The molecule has 0 spiro atoms. The Hall–Kier alpha value is -2.33. The van der Waals surface area contributed by atoms with Crippen LogP contribution in [0.4, 0.5) is 18.9 Å². The summed E-state index contributed by atoms with van der Waals surface area (Å²) in [7, 11) is 0. The van der Waals surface area contributed by atoms with Gasteiger partial charge in [-0.2, -0.15) is 13.2 Å². The molecule has 2 aromatic heterocycles. The van der Waals surface area contributed by atoms with Crippen molar-refractivity contribution in [1.29, 1.82) is 0 Å². The predicted octanol–water partition coefficient (Wildman–Crippen LogP) is 3.96. The second-order valence-corrected chi connectivity index (χ2v) is 7.57. The minimum atomic E-state index is -4.47. The van der Waals surface area contributed by atoms with Crippen LogP contribution in [-0.4, -0.2) is 21.0 Å². The van der Waals surface area contributed by atoms with Crippen LogP contribution in [0.5, 0.6) is 0 Å². The summed E-state index contributed by atoms with van der Waals surface area (Å²) in [6, 6.07) is 5.07. The third-order valence-corrected chi connectivity index (χ3v) is 5.39. The number of fused-ring (bicyclic) bond motifs is 1. The molecule has 1 N–H and O–H groups in total. The zero-order valence-electron chi connectivity index (χ0n) is 14.0. The molecular formula is C17H14F3N3O2S2. The van der Waals surface area contributed by atoms with Crippen LogP contribution >= 0.6 is 23.1 Å². The normalized spacial score (nSPS) is 11.7. The summed E-state index contributed by atoms with van der Waals surface area (Å²) in [5, 5.41) is 4.22. The number of halogens is 3. The van der Waals surface area contributed by atoms with E-state index in [2.05, 4.69) is 10.3 Å². The first-order valence-corrected chi connectivity index (χ1v) is 9.79. The Morgan fingerprint density at radius 1 is 1.33 bits per heavy atom. The summed E-state index contributed by atoms with van der Waals surface area (Å²) < 4.78 is 40.2. The topological polar surface area (TPSA) is 63.5 Å². The van der Waals surface area contributed by atoms with E-state index in [4.69, 9.17) is 0 Å². The molecule has 27 heavy (non-hydrogen) atoms. The third kappa shape index (κ3) is 4.69. The number of aryl methyl sites for hydroxylation is 1. The lowest BCUT2D eigenvalue weighted by Crippen LogP contribution is -2.16. The number of carbonyl (C=O) groups is 1. The molecule has 0 bridgehead atoms. The van der Waals surface area contributed by atoms with E-state index in [9.17, 15) is 22.8 Å². The zero-order valence-corrected chi connectivity index (χ0v) is 15.7. The molecule has 1 aromatic carbocycles. The minimum absolute atomic E-state index is 0.0285. The van der Waals surface area contributed by atoms with Gasteiger partial charge in [0.15, 0.2) is 4.96 Å². The fourth-order valence-corrected chi connectivity index (χ4v) is 3.87. The molecule has 3 aromatic rings. The Labute approximate surface area is 160 Å². The Kier molecular flexibility index (Phi) is 5.56. The molecule has 0 aliphatic carbocycles. The van der Waals surface area contributed by atoms with Crippen molar-refractivity contribution in [3.63, 3.8) is 0 Å². The van der Waals surface area contributed by atoms with Crippen LogP contribution in [0.2, 0.25) is 0 Å². The monoisotopic (exact) mass is 413 g/mol. The summed E-state index contributed by atoms with van der Waals surface area (Å²) in [6.07, 6.45) is -2.84. The molecule has 0 fully saturated rings. The lowest BCUT2D eigenvalue weighted by Gasteiger charge is -2.12. The van der Waals surface area contributed by atoms with Crippen LogP contribution in [0, 0.1) is 6.92 Å². The first-order valence-electron chi connectivity index (χ1n) is 7.75. The quantitative estimate of drug-likeness (QED) is 0.688. The number of nitrogens with zero attached hydrogens (tertiary/aromatic N) is 2. The number of carbonyl (C=O) groups excluding carboxylic acids is 1. The van der Waals surface area contributed by atoms with Gasteiger partial charge in [-0.25, -0.2) is 4.98 Å². The van der Waals surface area contributed by atoms with E-state index in [0.29, 0.717) is 16.4 Å². The summed E-state index contributed by atoms with van der Waals surface area (Å²) in [5.41, 5.74) is -0.233. The first kappa shape index (κ1) is 19.4. The van der Waals surface area contributed by atoms with Gasteiger partial charge in [0.05, 0.1) is 17.0 Å². The van der Waals surface area contributed by atoms with E-state index in [0.717, 1.165) is 6.07 Å². The highest BCUT2D eigenvalue weighted by atomic mass is 32.2. The number of amides is 1. The number of alkyl halides is 3. The van der Waals surface area contributed by atoms with Crippen molar-refractivity contribution in [1.82, 2.24) is 9.38 Å². The maximum Gasteiger partial charge on any atom is 0.416 e. The fourth-order valence-electron chi connectivity index (χ4n) is 2.41. The van der Waals surface area contributed by atoms with Gasteiger partial charge in [0.1, 0.15) is 0 Å². The molecule has 142 valence electrons. The third-order valence-electron chi connectivity index (χ3n) is 3.67. The van der Waals surface area contributed by atoms with E-state index in [-0.39, 0.29) is 22.6 Å². The number of rotatable bonds is 5. The SMILES string of the molecule is Cc1ccc(NC(=O)CSCc2cc(=O)n3ccsc3n2)cc1C(F)(F)F. The van der Waals surface area contributed by atoms with Gasteiger partial charge in [0.2, 0.25) is 5.91 Å². The number of benzene rings is 1. The highest BCUT2D eigenvalue weighted by Gasteiger charge is 2.32. The molecule has 2 heterocycles. The molecule has 0 aliphatic heterocycles. The van der Waals surface area contributed by atoms with Crippen LogP contribution < -0.4 is 10.9 Å². The molecule has 3 rings (SSSR count). The maximum atomic E-state index is 12.9. The van der Waals surface area contributed by atoms with Crippen LogP contribution in [0.1, 0.15) is 16.8 Å². The Balaban J connectivity index is 1.59. The number of thioether (sulfide) groups is 1. The van der Waals surface area contributed by atoms with Crippen LogP contribution in [-0.2, 0) is 16.7 Å². The van der Waals surface area contributed by atoms with Crippen LogP contribution in [0.3, 0.4) is 0 Å². The van der Waals surface area contributed by atoms with E-state index in [1.165, 1.54) is 52.6 Å². The number of nitrogens with one attached hydrogen (secondary N) is 1. The van der Waals surface area contributed by atoms with Crippen molar-refractivity contribution >= 4 is 39.7 Å². The molecule has 0 unspecified atom stereocenters. The van der Waals surface area contributed by atoms with Crippen molar-refractivity contribution in [3.05, 3.63) is 63.0 Å². The minimum Gasteiger partial charge on any atom is -0.325 e. The second-order valence-electron chi connectivity index (χ2n) is 5.71. The molecule has 5 nitrogen and oxygen atoms in total. The average Bonchev–Trinajstić information content (AvgIpc) is 3.05. The summed E-state index contributed by atoms with van der Waals surface area (Å²) in [6.45, 7) is 1.37. The Morgan fingerprint density at radius 3 is 2.85 bits per heavy atom. The van der Waals surface area contributed by atoms with Gasteiger partial charge in [-0.05, 0) is 24.6 Å². The van der Waals surface area contributed by atoms with Crippen LogP contribution in [0.25, 0.3) is 4.96 Å². The van der Waals surface area contributed by atoms with Crippen molar-refractivity contribution in [3.8, 4) is 0 Å². The maximum absolute atomic E-state index is 12.9. The van der Waals surface area contributed by atoms with Crippen LogP contribution in [0.15, 0.2) is 40.6 Å². The van der Waals surface area contributed by atoms with Crippen molar-refractivity contribution in [2.24, 2.45) is 0 Å². The van der Waals surface area contributed by atoms with Gasteiger partial charge in [-0.1, -0.05) is 6.07 Å². The lowest BCUT2D eigenvalue weighted by atomic mass is 10.1. The molecule has 1 amide bonds. The molecule has 0 atom stereocenters. The molecule has 0 aliphatic rings. The molecule has 0 saturated heterocycles. The fraction of sp³-hybridized carbons (Fsp3) is 0.235. The number of aromatic nitrogens is 2. The Bertz CT molecular complexity index is 1040. The van der Waals surface area contributed by atoms with Gasteiger partial charge in [-0.15, -0.1) is 23.1 Å². The molecule has 0 saturated carbocycles. The summed E-state index contributed by atoms with van der Waals surface area (Å²) in [4.78, 5) is 28.8. The van der Waals surface area contributed by atoms with Gasteiger partial charge < -0.3 is 5.32 Å².